The van der Waals surface area contributed by atoms with Crippen molar-refractivity contribution in [2.75, 3.05) is 26.2 Å². The lowest BCUT2D eigenvalue weighted by Gasteiger charge is -2.35. The summed E-state index contributed by atoms with van der Waals surface area (Å²) in [5.74, 6) is 4.66. The lowest BCUT2D eigenvalue weighted by molar-refractivity contribution is -0.120. The van der Waals surface area contributed by atoms with Crippen LogP contribution in [0, 0.1) is 35.0 Å². The van der Waals surface area contributed by atoms with Gasteiger partial charge >= 0.3 is 0 Å². The third-order valence-corrected chi connectivity index (χ3v) is 8.43. The standard InChI is InChI=1S/C28H31ClN4O4S/c1-20(2)3-12-26(28(31)35)33(38(36,37)25-10-8-24(29)9-11-25)18-22-13-15-32(16-14-22)19-27(34)23-6-4-21(17-30)5-7-23/h4-11,20,22,26H,13-16,18-19H2,1-2H3,(H2,31,35). The minimum absolute atomic E-state index is 0.00458. The quantitative estimate of drug-likeness (QED) is 0.374. The normalized spacial score (nSPS) is 15.5. The molecule has 0 aliphatic carbocycles. The van der Waals surface area contributed by atoms with E-state index in [0.29, 0.717) is 42.1 Å². The third kappa shape index (κ3) is 7.66. The number of sulfonamides is 1. The van der Waals surface area contributed by atoms with E-state index in [1.807, 2.05) is 24.8 Å². The SMILES string of the molecule is CC(C)C#CC(C(N)=O)N(CC1CCN(CC(=O)c2ccc(C#N)cc2)CC1)S(=O)(=O)c1ccc(Cl)cc1. The molecule has 1 atom stereocenters. The van der Waals surface area contributed by atoms with Crippen molar-refractivity contribution in [2.24, 2.45) is 17.6 Å². The van der Waals surface area contributed by atoms with E-state index in [-0.39, 0.29) is 35.6 Å². The van der Waals surface area contributed by atoms with Gasteiger partial charge in [-0.05, 0) is 68.2 Å². The van der Waals surface area contributed by atoms with Gasteiger partial charge in [0.25, 0.3) is 0 Å². The second-order valence-electron chi connectivity index (χ2n) is 9.61. The molecule has 1 fully saturated rings. The topological polar surface area (TPSA) is 125 Å². The van der Waals surface area contributed by atoms with E-state index in [4.69, 9.17) is 22.6 Å². The van der Waals surface area contributed by atoms with Gasteiger partial charge in [-0.15, -0.1) is 0 Å². The maximum absolute atomic E-state index is 13.7. The zero-order valence-corrected chi connectivity index (χ0v) is 23.0. The molecular weight excluding hydrogens is 524 g/mol. The molecule has 8 nitrogen and oxygen atoms in total. The molecule has 1 saturated heterocycles. The smallest absolute Gasteiger partial charge is 0.248 e. The highest BCUT2D eigenvalue weighted by Crippen LogP contribution is 2.26. The molecule has 2 aromatic carbocycles. The van der Waals surface area contributed by atoms with Crippen LogP contribution in [-0.2, 0) is 14.8 Å². The van der Waals surface area contributed by atoms with Crippen LogP contribution >= 0.6 is 11.6 Å². The Hall–Kier alpha value is -3.21. The number of carbonyl (C=O) groups excluding carboxylic acids is 2. The Morgan fingerprint density at radius 1 is 1.08 bits per heavy atom. The Kier molecular flexibility index (Phi) is 10.1. The second-order valence-corrected chi connectivity index (χ2v) is 11.9. The van der Waals surface area contributed by atoms with Crippen LogP contribution in [0.1, 0.15) is 42.6 Å². The van der Waals surface area contributed by atoms with Gasteiger partial charge in [0.2, 0.25) is 15.9 Å². The largest absolute Gasteiger partial charge is 0.367 e. The highest BCUT2D eigenvalue weighted by atomic mass is 35.5. The zero-order chi connectivity index (χ0) is 27.9. The number of nitrogens with two attached hydrogens (primary N) is 1. The van der Waals surface area contributed by atoms with Crippen LogP contribution in [-0.4, -0.2) is 61.5 Å². The molecule has 0 bridgehead atoms. The fourth-order valence-corrected chi connectivity index (χ4v) is 5.94. The number of amides is 1. The maximum Gasteiger partial charge on any atom is 0.248 e. The van der Waals surface area contributed by atoms with Crippen molar-refractivity contribution in [1.29, 1.82) is 5.26 Å². The number of ketones is 1. The van der Waals surface area contributed by atoms with E-state index < -0.39 is 22.0 Å². The summed E-state index contributed by atoms with van der Waals surface area (Å²) in [5, 5.41) is 9.33. The number of carbonyl (C=O) groups is 2. The minimum Gasteiger partial charge on any atom is -0.367 e. The van der Waals surface area contributed by atoms with Gasteiger partial charge in [0, 0.05) is 23.0 Å². The second kappa shape index (κ2) is 13.0. The molecule has 0 radical (unpaired) electrons. The van der Waals surface area contributed by atoms with Crippen molar-refractivity contribution < 1.29 is 18.0 Å². The van der Waals surface area contributed by atoms with Gasteiger partial charge in [-0.2, -0.15) is 9.57 Å². The number of Topliss-reactive ketones (excluding diaryl/α,β-unsaturated/α-hetero) is 1. The van der Waals surface area contributed by atoms with Crippen molar-refractivity contribution in [3.63, 3.8) is 0 Å². The number of nitrogens with zero attached hydrogens (tertiary/aromatic N) is 3. The number of benzene rings is 2. The monoisotopic (exact) mass is 554 g/mol. The first-order chi connectivity index (χ1) is 18.0. The first-order valence-corrected chi connectivity index (χ1v) is 14.2. The molecule has 0 saturated carbocycles. The number of rotatable bonds is 9. The van der Waals surface area contributed by atoms with Gasteiger partial charge in [-0.25, -0.2) is 8.42 Å². The molecule has 1 heterocycles. The number of hydrogen-bond acceptors (Lipinski definition) is 6. The first-order valence-electron chi connectivity index (χ1n) is 12.3. The average Bonchev–Trinajstić information content (AvgIpc) is 2.89. The summed E-state index contributed by atoms with van der Waals surface area (Å²) in [6.45, 7) is 5.19. The predicted octanol–water partition coefficient (Wildman–Crippen LogP) is 3.31. The highest BCUT2D eigenvalue weighted by Gasteiger charge is 2.36. The Labute approximate surface area is 229 Å². The molecule has 38 heavy (non-hydrogen) atoms. The molecule has 3 rings (SSSR count). The van der Waals surface area contributed by atoms with E-state index in [0.717, 1.165) is 4.31 Å². The van der Waals surface area contributed by atoms with Gasteiger partial charge < -0.3 is 5.73 Å². The van der Waals surface area contributed by atoms with Crippen LogP contribution in [0.15, 0.2) is 53.4 Å². The maximum atomic E-state index is 13.7. The van der Waals surface area contributed by atoms with E-state index in [1.54, 1.807) is 24.3 Å². The number of nitriles is 1. The molecule has 200 valence electrons. The van der Waals surface area contributed by atoms with Crippen LogP contribution < -0.4 is 5.73 Å². The fraction of sp³-hybridized carbons (Fsp3) is 0.393. The molecular formula is C28H31ClN4O4S. The summed E-state index contributed by atoms with van der Waals surface area (Å²) in [6.07, 6.45) is 1.27. The summed E-state index contributed by atoms with van der Waals surface area (Å²) in [4.78, 5) is 27.1. The Morgan fingerprint density at radius 2 is 1.68 bits per heavy atom. The van der Waals surface area contributed by atoms with Crippen LogP contribution in [0.5, 0.6) is 0 Å². The van der Waals surface area contributed by atoms with Crippen molar-refractivity contribution >= 4 is 33.3 Å². The number of hydrogen-bond donors (Lipinski definition) is 1. The number of piperidine rings is 1. The molecule has 1 aliphatic heterocycles. The zero-order valence-electron chi connectivity index (χ0n) is 21.4. The van der Waals surface area contributed by atoms with E-state index in [1.165, 1.54) is 24.3 Å². The van der Waals surface area contributed by atoms with E-state index in [9.17, 15) is 18.0 Å². The average molecular weight is 555 g/mol. The summed E-state index contributed by atoms with van der Waals surface area (Å²) >= 11 is 5.95. The highest BCUT2D eigenvalue weighted by molar-refractivity contribution is 7.89. The van der Waals surface area contributed by atoms with Crippen LogP contribution in [0.2, 0.25) is 5.02 Å². The molecule has 0 aromatic heterocycles. The third-order valence-electron chi connectivity index (χ3n) is 6.33. The van der Waals surface area contributed by atoms with Gasteiger partial charge in [0.05, 0.1) is 23.1 Å². The Balaban J connectivity index is 1.75. The fourth-order valence-electron chi connectivity index (χ4n) is 4.22. The molecule has 1 amide bonds. The minimum atomic E-state index is -4.10. The van der Waals surface area contributed by atoms with Crippen LogP contribution in [0.3, 0.4) is 0 Å². The first kappa shape index (κ1) is 29.3. The lowest BCUT2D eigenvalue weighted by atomic mass is 9.96. The molecule has 2 N–H and O–H groups in total. The van der Waals surface area contributed by atoms with Gasteiger partial charge in [-0.3, -0.25) is 14.5 Å². The van der Waals surface area contributed by atoms with E-state index in [2.05, 4.69) is 11.8 Å². The Bertz CT molecular complexity index is 1350. The molecule has 0 spiro atoms. The van der Waals surface area contributed by atoms with Gasteiger partial charge in [0.1, 0.15) is 0 Å². The molecule has 2 aromatic rings. The van der Waals surface area contributed by atoms with Gasteiger partial charge in [-0.1, -0.05) is 49.4 Å². The summed E-state index contributed by atoms with van der Waals surface area (Å²) in [5.41, 5.74) is 6.68. The van der Waals surface area contributed by atoms with Crippen molar-refractivity contribution in [3.05, 3.63) is 64.7 Å². The predicted molar refractivity (Wildman–Crippen MR) is 146 cm³/mol. The number of halogens is 1. The van der Waals surface area contributed by atoms with E-state index >= 15 is 0 Å². The van der Waals surface area contributed by atoms with Crippen molar-refractivity contribution in [3.8, 4) is 17.9 Å². The Morgan fingerprint density at radius 3 is 2.21 bits per heavy atom. The van der Waals surface area contributed by atoms with Crippen LogP contribution in [0.25, 0.3) is 0 Å². The van der Waals surface area contributed by atoms with Crippen molar-refractivity contribution in [2.45, 2.75) is 37.6 Å². The number of likely N-dealkylation sites (tertiary alicyclic amines) is 1. The molecule has 1 aliphatic rings. The molecule has 1 unspecified atom stereocenters. The summed E-state index contributed by atoms with van der Waals surface area (Å²) < 4.78 is 28.4. The number of primary amides is 1. The van der Waals surface area contributed by atoms with Crippen molar-refractivity contribution in [1.82, 2.24) is 9.21 Å². The van der Waals surface area contributed by atoms with Crippen LogP contribution in [0.4, 0.5) is 0 Å². The summed E-state index contributed by atoms with van der Waals surface area (Å²) in [7, 11) is -4.10. The molecule has 10 heteroatoms. The lowest BCUT2D eigenvalue weighted by Crippen LogP contribution is -2.50. The summed E-state index contributed by atoms with van der Waals surface area (Å²) in [6, 6.07) is 13.0. The van der Waals surface area contributed by atoms with Gasteiger partial charge in [0.15, 0.2) is 11.8 Å².